The number of anilines is 1. The average Bonchev–Trinajstić information content (AvgIpc) is 2.78. The van der Waals surface area contributed by atoms with E-state index in [-0.39, 0.29) is 23.5 Å². The van der Waals surface area contributed by atoms with Crippen LogP contribution in [0.4, 0.5) is 5.69 Å². The van der Waals surface area contributed by atoms with Crippen molar-refractivity contribution in [3.8, 4) is 5.75 Å². The van der Waals surface area contributed by atoms with Gasteiger partial charge in [-0.05, 0) is 50.3 Å². The first-order chi connectivity index (χ1) is 15.8. The number of fused-ring (bicyclic) bond motifs is 1. The Morgan fingerprint density at radius 2 is 2.15 bits per heavy atom. The minimum absolute atomic E-state index is 0.111. The minimum atomic E-state index is -0.350. The summed E-state index contributed by atoms with van der Waals surface area (Å²) in [5, 5.41) is 6.76. The minimum Gasteiger partial charge on any atom is -0.490 e. The predicted molar refractivity (Wildman–Crippen MR) is 132 cm³/mol. The van der Waals surface area contributed by atoms with Crippen molar-refractivity contribution in [2.75, 3.05) is 44.9 Å². The number of hydrogen-bond donors (Lipinski definition) is 2. The van der Waals surface area contributed by atoms with Crippen molar-refractivity contribution < 1.29 is 19.0 Å². The second-order valence-corrected chi connectivity index (χ2v) is 10.5. The Labute approximate surface area is 199 Å². The molecule has 0 saturated carbocycles. The first-order valence-corrected chi connectivity index (χ1v) is 12.4. The standard InChI is InChI=1S/C26H43N3O4/c1-19(28-25(30)26(2,3)4)15-21-8-9-22(17-27-21)33-18-20-7-10-24-23(16-20)29(12-14-32-24)11-6-13-31-5/h7,10,16,19,21-22,27H,6,8-9,11-15,17-18H2,1-5H3,(H,28,30)/t19-,21-,22+/m0/s1. The monoisotopic (exact) mass is 461 g/mol. The fourth-order valence-corrected chi connectivity index (χ4v) is 4.41. The molecule has 33 heavy (non-hydrogen) atoms. The van der Waals surface area contributed by atoms with Crippen molar-refractivity contribution in [3.05, 3.63) is 23.8 Å². The van der Waals surface area contributed by atoms with Gasteiger partial charge in [-0.2, -0.15) is 0 Å². The zero-order chi connectivity index (χ0) is 23.8. The quantitative estimate of drug-likeness (QED) is 0.520. The third-order valence-electron chi connectivity index (χ3n) is 6.41. The van der Waals surface area contributed by atoms with Gasteiger partial charge in [0.05, 0.1) is 24.9 Å². The maximum Gasteiger partial charge on any atom is 0.225 e. The van der Waals surface area contributed by atoms with Crippen LogP contribution in [0.3, 0.4) is 0 Å². The van der Waals surface area contributed by atoms with E-state index in [2.05, 4.69) is 40.7 Å². The molecule has 2 N–H and O–H groups in total. The van der Waals surface area contributed by atoms with E-state index in [9.17, 15) is 4.79 Å². The molecule has 3 rings (SSSR count). The molecular formula is C26H43N3O4. The highest BCUT2D eigenvalue weighted by molar-refractivity contribution is 5.81. The summed E-state index contributed by atoms with van der Waals surface area (Å²) in [6, 6.07) is 6.97. The van der Waals surface area contributed by atoms with E-state index in [0.717, 1.165) is 70.0 Å². The Balaban J connectivity index is 1.43. The molecule has 1 aromatic rings. The lowest BCUT2D eigenvalue weighted by Gasteiger charge is -2.33. The van der Waals surface area contributed by atoms with Crippen molar-refractivity contribution in [1.29, 1.82) is 0 Å². The number of benzene rings is 1. The SMILES string of the molecule is COCCCN1CCOc2ccc(CO[C@@H]3CC[C@@H](C[C@H](C)NC(=O)C(C)(C)C)NC3)cc21. The van der Waals surface area contributed by atoms with E-state index < -0.39 is 0 Å². The Bertz CT molecular complexity index is 756. The molecule has 1 amide bonds. The predicted octanol–water partition coefficient (Wildman–Crippen LogP) is 3.50. The molecule has 1 saturated heterocycles. The van der Waals surface area contributed by atoms with E-state index in [1.165, 1.54) is 5.56 Å². The van der Waals surface area contributed by atoms with E-state index in [4.69, 9.17) is 14.2 Å². The Morgan fingerprint density at radius 3 is 2.85 bits per heavy atom. The van der Waals surface area contributed by atoms with Gasteiger partial charge in [0, 0.05) is 44.3 Å². The summed E-state index contributed by atoms with van der Waals surface area (Å²) in [6.45, 7) is 12.8. The molecule has 1 aromatic carbocycles. The molecule has 2 aliphatic rings. The van der Waals surface area contributed by atoms with Gasteiger partial charge in [0.25, 0.3) is 0 Å². The number of carbonyl (C=O) groups is 1. The van der Waals surface area contributed by atoms with E-state index in [0.29, 0.717) is 12.6 Å². The summed E-state index contributed by atoms with van der Waals surface area (Å²) in [5.41, 5.74) is 1.99. The molecule has 0 spiro atoms. The van der Waals surface area contributed by atoms with Crippen LogP contribution < -0.4 is 20.3 Å². The van der Waals surface area contributed by atoms with E-state index in [1.54, 1.807) is 7.11 Å². The van der Waals surface area contributed by atoms with Crippen LogP contribution in [0.15, 0.2) is 18.2 Å². The fourth-order valence-electron chi connectivity index (χ4n) is 4.41. The lowest BCUT2D eigenvalue weighted by molar-refractivity contribution is -0.129. The Hall–Kier alpha value is -1.83. The van der Waals surface area contributed by atoms with Crippen LogP contribution in [0.2, 0.25) is 0 Å². The molecule has 7 heteroatoms. The smallest absolute Gasteiger partial charge is 0.225 e. The summed E-state index contributed by atoms with van der Waals surface area (Å²) in [6.07, 6.45) is 4.26. The van der Waals surface area contributed by atoms with Gasteiger partial charge in [0.2, 0.25) is 5.91 Å². The van der Waals surface area contributed by atoms with Crippen molar-refractivity contribution in [1.82, 2.24) is 10.6 Å². The molecular weight excluding hydrogens is 418 g/mol. The molecule has 0 bridgehead atoms. The highest BCUT2D eigenvalue weighted by Crippen LogP contribution is 2.33. The second-order valence-electron chi connectivity index (χ2n) is 10.5. The molecule has 3 atom stereocenters. The summed E-state index contributed by atoms with van der Waals surface area (Å²) < 4.78 is 17.3. The topological polar surface area (TPSA) is 72.1 Å². The maximum absolute atomic E-state index is 12.2. The summed E-state index contributed by atoms with van der Waals surface area (Å²) in [7, 11) is 1.75. The zero-order valence-corrected chi connectivity index (χ0v) is 21.1. The number of ether oxygens (including phenoxy) is 3. The highest BCUT2D eigenvalue weighted by Gasteiger charge is 2.26. The summed E-state index contributed by atoms with van der Waals surface area (Å²) >= 11 is 0. The van der Waals surface area contributed by atoms with Crippen molar-refractivity contribution in [2.45, 2.75) is 78.2 Å². The van der Waals surface area contributed by atoms with Crippen LogP contribution in [0.5, 0.6) is 5.75 Å². The molecule has 0 aromatic heterocycles. The number of rotatable bonds is 10. The lowest BCUT2D eigenvalue weighted by Crippen LogP contribution is -2.47. The highest BCUT2D eigenvalue weighted by atomic mass is 16.5. The van der Waals surface area contributed by atoms with Gasteiger partial charge in [-0.25, -0.2) is 0 Å². The first-order valence-electron chi connectivity index (χ1n) is 12.4. The number of methoxy groups -OCH3 is 1. The van der Waals surface area contributed by atoms with Crippen LogP contribution in [0.1, 0.15) is 58.9 Å². The zero-order valence-electron chi connectivity index (χ0n) is 21.1. The Kier molecular flexibility index (Phi) is 9.41. The second kappa shape index (κ2) is 12.0. The largest absolute Gasteiger partial charge is 0.490 e. The third kappa shape index (κ3) is 7.87. The van der Waals surface area contributed by atoms with Gasteiger partial charge in [0.1, 0.15) is 12.4 Å². The normalized spacial score (nSPS) is 21.8. The van der Waals surface area contributed by atoms with E-state index >= 15 is 0 Å². The molecule has 0 unspecified atom stereocenters. The molecule has 7 nitrogen and oxygen atoms in total. The summed E-state index contributed by atoms with van der Waals surface area (Å²) in [4.78, 5) is 14.6. The number of nitrogens with zero attached hydrogens (tertiary/aromatic N) is 1. The third-order valence-corrected chi connectivity index (χ3v) is 6.41. The maximum atomic E-state index is 12.2. The van der Waals surface area contributed by atoms with Crippen LogP contribution in [0.25, 0.3) is 0 Å². The lowest BCUT2D eigenvalue weighted by atomic mass is 9.93. The van der Waals surface area contributed by atoms with Gasteiger partial charge in [-0.15, -0.1) is 0 Å². The van der Waals surface area contributed by atoms with Gasteiger partial charge in [-0.3, -0.25) is 4.79 Å². The molecule has 0 aliphatic carbocycles. The fraction of sp³-hybridized carbons (Fsp3) is 0.731. The molecule has 2 heterocycles. The molecule has 2 aliphatic heterocycles. The molecule has 1 fully saturated rings. The van der Waals surface area contributed by atoms with Crippen LogP contribution >= 0.6 is 0 Å². The number of carbonyl (C=O) groups excluding carboxylic acids is 1. The van der Waals surface area contributed by atoms with Gasteiger partial charge in [-0.1, -0.05) is 26.8 Å². The molecule has 186 valence electrons. The average molecular weight is 462 g/mol. The van der Waals surface area contributed by atoms with Gasteiger partial charge < -0.3 is 29.7 Å². The van der Waals surface area contributed by atoms with Crippen molar-refractivity contribution in [2.24, 2.45) is 5.41 Å². The first kappa shape index (κ1) is 25.8. The number of nitrogens with one attached hydrogen (secondary N) is 2. The van der Waals surface area contributed by atoms with Gasteiger partial charge in [0.15, 0.2) is 0 Å². The summed E-state index contributed by atoms with van der Waals surface area (Å²) in [5.74, 6) is 1.07. The van der Waals surface area contributed by atoms with Crippen LogP contribution in [0, 0.1) is 5.41 Å². The van der Waals surface area contributed by atoms with Crippen LogP contribution in [-0.2, 0) is 20.9 Å². The number of hydrogen-bond acceptors (Lipinski definition) is 6. The number of amides is 1. The number of piperidine rings is 1. The van der Waals surface area contributed by atoms with E-state index in [1.807, 2.05) is 20.8 Å². The molecule has 0 radical (unpaired) electrons. The Morgan fingerprint density at radius 1 is 1.33 bits per heavy atom. The van der Waals surface area contributed by atoms with Crippen molar-refractivity contribution in [3.63, 3.8) is 0 Å². The van der Waals surface area contributed by atoms with Gasteiger partial charge >= 0.3 is 0 Å². The van der Waals surface area contributed by atoms with Crippen molar-refractivity contribution >= 4 is 11.6 Å². The van der Waals surface area contributed by atoms with Crippen LogP contribution in [-0.4, -0.2) is 64.1 Å².